The quantitative estimate of drug-likeness (QED) is 0.763. The van der Waals surface area contributed by atoms with Crippen LogP contribution in [0.1, 0.15) is 32.1 Å². The molecular formula is C13H22O6. The van der Waals surface area contributed by atoms with Gasteiger partial charge in [0.25, 0.3) is 0 Å². The van der Waals surface area contributed by atoms with Gasteiger partial charge in [-0.1, -0.05) is 6.42 Å². The van der Waals surface area contributed by atoms with Gasteiger partial charge in [0, 0.05) is 20.0 Å². The highest BCUT2D eigenvalue weighted by molar-refractivity contribution is 4.98. The van der Waals surface area contributed by atoms with Gasteiger partial charge in [-0.2, -0.15) is 0 Å². The number of rotatable bonds is 3. The fourth-order valence-electron chi connectivity index (χ4n) is 3.36. The number of methoxy groups -OCH3 is 1. The molecule has 1 aliphatic carbocycles. The first-order valence-corrected chi connectivity index (χ1v) is 7.02. The summed E-state index contributed by atoms with van der Waals surface area (Å²) in [6, 6.07) is 0. The van der Waals surface area contributed by atoms with Crippen molar-refractivity contribution < 1.29 is 29.2 Å². The van der Waals surface area contributed by atoms with E-state index in [1.165, 1.54) is 6.42 Å². The molecule has 2 N–H and O–H groups in total. The van der Waals surface area contributed by atoms with Crippen molar-refractivity contribution in [2.45, 2.75) is 68.6 Å². The van der Waals surface area contributed by atoms with Crippen LogP contribution in [0.4, 0.5) is 0 Å². The van der Waals surface area contributed by atoms with E-state index in [1.807, 2.05) is 0 Å². The average molecular weight is 274 g/mol. The average Bonchev–Trinajstić information content (AvgIpc) is 2.92. The Kier molecular flexibility index (Phi) is 3.81. The zero-order valence-corrected chi connectivity index (χ0v) is 11.2. The summed E-state index contributed by atoms with van der Waals surface area (Å²) in [4.78, 5) is 0. The minimum Gasteiger partial charge on any atom is -0.394 e. The number of aliphatic hydroxyl groups excluding tert-OH is 2. The Labute approximate surface area is 112 Å². The molecule has 2 saturated heterocycles. The van der Waals surface area contributed by atoms with Gasteiger partial charge >= 0.3 is 0 Å². The van der Waals surface area contributed by atoms with E-state index < -0.39 is 30.4 Å². The first-order valence-electron chi connectivity index (χ1n) is 7.02. The van der Waals surface area contributed by atoms with Crippen molar-refractivity contribution in [2.24, 2.45) is 0 Å². The third-order valence-electron chi connectivity index (χ3n) is 4.34. The number of aliphatic hydroxyl groups is 2. The summed E-state index contributed by atoms with van der Waals surface area (Å²) < 4.78 is 23.1. The van der Waals surface area contributed by atoms with Gasteiger partial charge in [-0.3, -0.25) is 0 Å². The predicted octanol–water partition coefficient (Wildman–Crippen LogP) is 0.155. The van der Waals surface area contributed by atoms with Gasteiger partial charge in [-0.05, 0) is 12.8 Å². The van der Waals surface area contributed by atoms with Gasteiger partial charge in [0.05, 0.1) is 6.61 Å². The summed E-state index contributed by atoms with van der Waals surface area (Å²) in [6.45, 7) is -0.366. The van der Waals surface area contributed by atoms with E-state index in [4.69, 9.17) is 24.1 Å². The monoisotopic (exact) mass is 274 g/mol. The molecule has 6 heteroatoms. The van der Waals surface area contributed by atoms with Crippen LogP contribution in [0.2, 0.25) is 0 Å². The molecule has 110 valence electrons. The fraction of sp³-hybridized carbons (Fsp3) is 1.00. The Balaban J connectivity index is 1.71. The van der Waals surface area contributed by atoms with Crippen LogP contribution in [0.3, 0.4) is 0 Å². The second kappa shape index (κ2) is 5.27. The van der Waals surface area contributed by atoms with Crippen molar-refractivity contribution in [1.29, 1.82) is 0 Å². The highest BCUT2D eigenvalue weighted by atomic mass is 16.8. The van der Waals surface area contributed by atoms with Crippen LogP contribution in [-0.2, 0) is 18.9 Å². The molecule has 6 nitrogen and oxygen atoms in total. The maximum absolute atomic E-state index is 9.75. The molecule has 2 heterocycles. The molecule has 0 bridgehead atoms. The summed E-state index contributed by atoms with van der Waals surface area (Å²) >= 11 is 0. The maximum Gasteiger partial charge on any atom is 0.190 e. The number of hydrogen-bond donors (Lipinski definition) is 2. The molecular weight excluding hydrogens is 252 g/mol. The van der Waals surface area contributed by atoms with Gasteiger partial charge in [0.1, 0.15) is 24.4 Å². The van der Waals surface area contributed by atoms with Crippen molar-refractivity contribution in [3.63, 3.8) is 0 Å². The lowest BCUT2D eigenvalue weighted by Gasteiger charge is -2.34. The summed E-state index contributed by atoms with van der Waals surface area (Å²) in [5.41, 5.74) is 0. The highest BCUT2D eigenvalue weighted by Crippen LogP contribution is 2.45. The molecule has 0 aromatic rings. The van der Waals surface area contributed by atoms with E-state index in [9.17, 15) is 5.11 Å². The number of fused-ring (bicyclic) bond motifs is 1. The minimum absolute atomic E-state index is 0.325. The second-order valence-corrected chi connectivity index (χ2v) is 5.59. The molecule has 1 saturated carbocycles. The zero-order valence-electron chi connectivity index (χ0n) is 11.2. The Morgan fingerprint density at radius 2 is 2.00 bits per heavy atom. The van der Waals surface area contributed by atoms with Gasteiger partial charge in [0.2, 0.25) is 0 Å². The van der Waals surface area contributed by atoms with Crippen molar-refractivity contribution in [1.82, 2.24) is 0 Å². The van der Waals surface area contributed by atoms with Crippen LogP contribution in [0.25, 0.3) is 0 Å². The smallest absolute Gasteiger partial charge is 0.190 e. The largest absolute Gasteiger partial charge is 0.394 e. The van der Waals surface area contributed by atoms with E-state index in [0.717, 1.165) is 25.7 Å². The Morgan fingerprint density at radius 3 is 2.63 bits per heavy atom. The lowest BCUT2D eigenvalue weighted by Crippen LogP contribution is -2.44. The van der Waals surface area contributed by atoms with E-state index in [1.54, 1.807) is 7.11 Å². The van der Waals surface area contributed by atoms with Crippen LogP contribution in [-0.4, -0.2) is 60.4 Å². The molecule has 5 atom stereocenters. The van der Waals surface area contributed by atoms with Crippen LogP contribution < -0.4 is 0 Å². The first-order chi connectivity index (χ1) is 9.19. The summed E-state index contributed by atoms with van der Waals surface area (Å²) in [7, 11) is 1.56. The van der Waals surface area contributed by atoms with Crippen molar-refractivity contribution in [2.75, 3.05) is 13.7 Å². The molecule has 0 aromatic carbocycles. The van der Waals surface area contributed by atoms with Crippen LogP contribution >= 0.6 is 0 Å². The van der Waals surface area contributed by atoms with Crippen LogP contribution in [0.5, 0.6) is 0 Å². The normalized spacial score (nSPS) is 42.5. The Bertz CT molecular complexity index is 316. The summed E-state index contributed by atoms with van der Waals surface area (Å²) in [6.07, 6.45) is 2.34. The Morgan fingerprint density at radius 1 is 1.26 bits per heavy atom. The minimum atomic E-state index is -0.981. The van der Waals surface area contributed by atoms with Crippen LogP contribution in [0.15, 0.2) is 0 Å². The van der Waals surface area contributed by atoms with Crippen molar-refractivity contribution in [3.05, 3.63) is 0 Å². The number of ether oxygens (including phenoxy) is 4. The predicted molar refractivity (Wildman–Crippen MR) is 64.3 cm³/mol. The Hall–Kier alpha value is -0.240. The molecule has 5 unspecified atom stereocenters. The standard InChI is InChI=1S/C13H22O6/c1-16-10-9(8(15)7-14)17-12-11(10)18-13(19-12)5-3-2-4-6-13/h8-12,14-15H,2-7H2,1H3. The lowest BCUT2D eigenvalue weighted by molar-refractivity contribution is -0.255. The van der Waals surface area contributed by atoms with E-state index in [2.05, 4.69) is 0 Å². The third-order valence-corrected chi connectivity index (χ3v) is 4.34. The molecule has 3 fully saturated rings. The molecule has 2 aliphatic heterocycles. The lowest BCUT2D eigenvalue weighted by atomic mass is 9.94. The molecule has 0 aromatic heterocycles. The van der Waals surface area contributed by atoms with E-state index in [-0.39, 0.29) is 12.7 Å². The van der Waals surface area contributed by atoms with Gasteiger partial charge in [0.15, 0.2) is 12.1 Å². The maximum atomic E-state index is 9.75. The molecule has 3 rings (SSSR count). The van der Waals surface area contributed by atoms with E-state index >= 15 is 0 Å². The zero-order chi connectivity index (χ0) is 13.5. The molecule has 0 amide bonds. The summed E-state index contributed by atoms with van der Waals surface area (Å²) in [5, 5.41) is 18.8. The topological polar surface area (TPSA) is 77.4 Å². The van der Waals surface area contributed by atoms with Crippen LogP contribution in [0, 0.1) is 0 Å². The highest BCUT2D eigenvalue weighted by Gasteiger charge is 2.59. The van der Waals surface area contributed by atoms with Crippen molar-refractivity contribution >= 4 is 0 Å². The molecule has 0 radical (unpaired) electrons. The van der Waals surface area contributed by atoms with E-state index in [0.29, 0.717) is 0 Å². The first kappa shape index (κ1) is 13.7. The van der Waals surface area contributed by atoms with Gasteiger partial charge in [-0.15, -0.1) is 0 Å². The third kappa shape index (κ3) is 2.30. The molecule has 3 aliphatic rings. The van der Waals surface area contributed by atoms with Gasteiger partial charge < -0.3 is 29.2 Å². The molecule has 1 spiro atoms. The summed E-state index contributed by atoms with van der Waals surface area (Å²) in [5.74, 6) is -0.528. The number of hydrogen-bond acceptors (Lipinski definition) is 6. The van der Waals surface area contributed by atoms with Gasteiger partial charge in [-0.25, -0.2) is 0 Å². The SMILES string of the molecule is COC1C(C(O)CO)OC2OC3(CCCCC3)OC21. The fourth-order valence-corrected chi connectivity index (χ4v) is 3.36. The molecule has 19 heavy (non-hydrogen) atoms. The second-order valence-electron chi connectivity index (χ2n) is 5.59. The van der Waals surface area contributed by atoms with Crippen molar-refractivity contribution in [3.8, 4) is 0 Å².